The van der Waals surface area contributed by atoms with Crippen molar-refractivity contribution in [3.05, 3.63) is 30.3 Å². The Morgan fingerprint density at radius 1 is 1.22 bits per heavy atom. The highest BCUT2D eigenvalue weighted by Gasteiger charge is 2.24. The summed E-state index contributed by atoms with van der Waals surface area (Å²) in [7, 11) is 0. The number of hydrogen-bond acceptors (Lipinski definition) is 3. The van der Waals surface area contributed by atoms with E-state index in [1.165, 1.54) is 0 Å². The Morgan fingerprint density at radius 2 is 1.87 bits per heavy atom. The first-order valence-corrected chi connectivity index (χ1v) is 8.29. The number of nitrogens with zero attached hydrogens (tertiary/aromatic N) is 1. The van der Waals surface area contributed by atoms with E-state index < -0.39 is 0 Å². The molecule has 1 aromatic carbocycles. The van der Waals surface area contributed by atoms with Gasteiger partial charge < -0.3 is 15.0 Å². The van der Waals surface area contributed by atoms with E-state index in [1.54, 1.807) is 0 Å². The number of rotatable bonds is 6. The molecule has 1 saturated heterocycles. The highest BCUT2D eigenvalue weighted by Crippen LogP contribution is 2.14. The molecule has 1 aliphatic heterocycles. The molecule has 0 aromatic heterocycles. The number of benzene rings is 1. The Bertz CT molecular complexity index is 508. The van der Waals surface area contributed by atoms with Gasteiger partial charge in [0.1, 0.15) is 5.75 Å². The standard InChI is InChI=1S/C18H26N2O3/c1-14(2)12-18(22)20-10-8-15(9-11-20)19-17(21)13-23-16-6-4-3-5-7-16/h3-7,14-15H,8-13H2,1-2H3,(H,19,21). The van der Waals surface area contributed by atoms with Gasteiger partial charge >= 0.3 is 0 Å². The smallest absolute Gasteiger partial charge is 0.258 e. The molecule has 1 fully saturated rings. The van der Waals surface area contributed by atoms with Gasteiger partial charge in [-0.3, -0.25) is 9.59 Å². The number of carbonyl (C=O) groups excluding carboxylic acids is 2. The molecule has 0 spiro atoms. The lowest BCUT2D eigenvalue weighted by atomic mass is 10.0. The van der Waals surface area contributed by atoms with E-state index in [0.717, 1.165) is 25.9 Å². The van der Waals surface area contributed by atoms with Crippen molar-refractivity contribution in [3.8, 4) is 5.75 Å². The van der Waals surface area contributed by atoms with Crippen LogP contribution in [-0.2, 0) is 9.59 Å². The second-order valence-electron chi connectivity index (χ2n) is 6.42. The van der Waals surface area contributed by atoms with Crippen LogP contribution in [0.4, 0.5) is 0 Å². The van der Waals surface area contributed by atoms with Crippen molar-refractivity contribution >= 4 is 11.8 Å². The zero-order valence-corrected chi connectivity index (χ0v) is 14.0. The van der Waals surface area contributed by atoms with Gasteiger partial charge in [-0.15, -0.1) is 0 Å². The van der Waals surface area contributed by atoms with Crippen LogP contribution >= 0.6 is 0 Å². The van der Waals surface area contributed by atoms with Gasteiger partial charge in [-0.05, 0) is 30.9 Å². The van der Waals surface area contributed by atoms with Gasteiger partial charge in [0.15, 0.2) is 6.61 Å². The van der Waals surface area contributed by atoms with Gasteiger partial charge in [-0.25, -0.2) is 0 Å². The number of likely N-dealkylation sites (tertiary alicyclic amines) is 1. The van der Waals surface area contributed by atoms with Crippen molar-refractivity contribution in [3.63, 3.8) is 0 Å². The van der Waals surface area contributed by atoms with E-state index in [-0.39, 0.29) is 24.5 Å². The van der Waals surface area contributed by atoms with Crippen LogP contribution in [0.25, 0.3) is 0 Å². The average molecular weight is 318 g/mol. The second kappa shape index (κ2) is 8.56. The van der Waals surface area contributed by atoms with Crippen molar-refractivity contribution in [1.29, 1.82) is 0 Å². The molecule has 0 aliphatic carbocycles. The molecule has 1 N–H and O–H groups in total. The van der Waals surface area contributed by atoms with E-state index in [2.05, 4.69) is 19.2 Å². The van der Waals surface area contributed by atoms with Crippen molar-refractivity contribution in [2.45, 2.75) is 39.2 Å². The summed E-state index contributed by atoms with van der Waals surface area (Å²) in [5.74, 6) is 1.19. The van der Waals surface area contributed by atoms with Gasteiger partial charge in [0.05, 0.1) is 0 Å². The Labute approximate surface area is 138 Å². The number of para-hydroxylation sites is 1. The minimum Gasteiger partial charge on any atom is -0.484 e. The van der Waals surface area contributed by atoms with E-state index in [1.807, 2.05) is 35.2 Å². The van der Waals surface area contributed by atoms with Gasteiger partial charge in [0.2, 0.25) is 5.91 Å². The second-order valence-corrected chi connectivity index (χ2v) is 6.42. The predicted molar refractivity (Wildman–Crippen MR) is 89.1 cm³/mol. The molecule has 0 radical (unpaired) electrons. The maximum absolute atomic E-state index is 12.0. The molecule has 1 aromatic rings. The number of piperidine rings is 1. The summed E-state index contributed by atoms with van der Waals surface area (Å²) >= 11 is 0. The molecule has 23 heavy (non-hydrogen) atoms. The molecular weight excluding hydrogens is 292 g/mol. The van der Waals surface area contributed by atoms with Crippen molar-refractivity contribution < 1.29 is 14.3 Å². The van der Waals surface area contributed by atoms with Crippen LogP contribution in [0.15, 0.2) is 30.3 Å². The Morgan fingerprint density at radius 3 is 2.48 bits per heavy atom. The molecule has 5 nitrogen and oxygen atoms in total. The zero-order chi connectivity index (χ0) is 16.7. The van der Waals surface area contributed by atoms with E-state index in [0.29, 0.717) is 18.1 Å². The fraction of sp³-hybridized carbons (Fsp3) is 0.556. The van der Waals surface area contributed by atoms with Crippen molar-refractivity contribution in [2.24, 2.45) is 5.92 Å². The van der Waals surface area contributed by atoms with E-state index in [9.17, 15) is 9.59 Å². The third kappa shape index (κ3) is 5.93. The number of hydrogen-bond donors (Lipinski definition) is 1. The van der Waals surface area contributed by atoms with Crippen molar-refractivity contribution in [2.75, 3.05) is 19.7 Å². The number of carbonyl (C=O) groups is 2. The maximum atomic E-state index is 12.0. The highest BCUT2D eigenvalue weighted by molar-refractivity contribution is 5.78. The average Bonchev–Trinajstić information content (AvgIpc) is 2.54. The summed E-state index contributed by atoms with van der Waals surface area (Å²) in [6, 6.07) is 9.43. The van der Waals surface area contributed by atoms with Gasteiger partial charge in [0, 0.05) is 25.6 Å². The van der Waals surface area contributed by atoms with Crippen LogP contribution in [0.1, 0.15) is 33.1 Å². The highest BCUT2D eigenvalue weighted by atomic mass is 16.5. The molecule has 1 heterocycles. The molecule has 0 saturated carbocycles. The van der Waals surface area contributed by atoms with Gasteiger partial charge in [0.25, 0.3) is 5.91 Å². The SMILES string of the molecule is CC(C)CC(=O)N1CCC(NC(=O)COc2ccccc2)CC1. The summed E-state index contributed by atoms with van der Waals surface area (Å²) in [5.41, 5.74) is 0. The molecule has 2 rings (SSSR count). The molecule has 1 aliphatic rings. The van der Waals surface area contributed by atoms with Crippen LogP contribution in [0.2, 0.25) is 0 Å². The van der Waals surface area contributed by atoms with Crippen LogP contribution in [0.5, 0.6) is 5.75 Å². The third-order valence-corrected chi connectivity index (χ3v) is 3.91. The number of ether oxygens (including phenoxy) is 1. The normalized spacial score (nSPS) is 15.5. The van der Waals surface area contributed by atoms with Crippen LogP contribution in [-0.4, -0.2) is 42.5 Å². The van der Waals surface area contributed by atoms with Gasteiger partial charge in [-0.1, -0.05) is 32.0 Å². The number of nitrogens with one attached hydrogen (secondary N) is 1. The molecule has 5 heteroatoms. The van der Waals surface area contributed by atoms with Crippen LogP contribution in [0, 0.1) is 5.92 Å². The summed E-state index contributed by atoms with van der Waals surface area (Å²) in [6.45, 7) is 5.57. The van der Waals surface area contributed by atoms with E-state index >= 15 is 0 Å². The monoisotopic (exact) mass is 318 g/mol. The summed E-state index contributed by atoms with van der Waals surface area (Å²) in [6.07, 6.45) is 2.21. The minimum atomic E-state index is -0.110. The summed E-state index contributed by atoms with van der Waals surface area (Å²) in [5, 5.41) is 2.99. The van der Waals surface area contributed by atoms with Crippen LogP contribution < -0.4 is 10.1 Å². The lowest BCUT2D eigenvalue weighted by molar-refractivity contribution is -0.133. The maximum Gasteiger partial charge on any atom is 0.258 e. The fourth-order valence-corrected chi connectivity index (χ4v) is 2.69. The first-order chi connectivity index (χ1) is 11.0. The molecule has 0 bridgehead atoms. The minimum absolute atomic E-state index is 0.0243. The zero-order valence-electron chi connectivity index (χ0n) is 14.0. The molecule has 0 atom stereocenters. The van der Waals surface area contributed by atoms with E-state index in [4.69, 9.17) is 4.74 Å². The van der Waals surface area contributed by atoms with Crippen LogP contribution in [0.3, 0.4) is 0 Å². The first kappa shape index (κ1) is 17.3. The lowest BCUT2D eigenvalue weighted by Gasteiger charge is -2.32. The predicted octanol–water partition coefficient (Wildman–Crippen LogP) is 2.22. The Balaban J connectivity index is 1.67. The molecule has 126 valence electrons. The summed E-state index contributed by atoms with van der Waals surface area (Å²) in [4.78, 5) is 25.9. The Hall–Kier alpha value is -2.04. The molecule has 0 unspecified atom stereocenters. The number of amides is 2. The lowest BCUT2D eigenvalue weighted by Crippen LogP contribution is -2.47. The summed E-state index contributed by atoms with van der Waals surface area (Å²) < 4.78 is 5.44. The van der Waals surface area contributed by atoms with Crippen molar-refractivity contribution in [1.82, 2.24) is 10.2 Å². The first-order valence-electron chi connectivity index (χ1n) is 8.29. The molecule has 2 amide bonds. The Kier molecular flexibility index (Phi) is 6.44. The fourth-order valence-electron chi connectivity index (χ4n) is 2.69. The molecular formula is C18H26N2O3. The topological polar surface area (TPSA) is 58.6 Å². The largest absolute Gasteiger partial charge is 0.484 e. The third-order valence-electron chi connectivity index (χ3n) is 3.91. The van der Waals surface area contributed by atoms with Gasteiger partial charge in [-0.2, -0.15) is 0 Å². The quantitative estimate of drug-likeness (QED) is 0.875.